The van der Waals surface area contributed by atoms with Gasteiger partial charge in [0.1, 0.15) is 11.3 Å². The molecule has 7 heteroatoms. The standard InChI is InChI=1S/C21H17ClN2O3S/c1-2-9-24-20(27)16(19(26)23-21(24)28)12-15-11-13(7-8-18(15)25)10-14-5-3-4-6-17(14)22/h2-8,11-12,25H,1,9-10H2,(H,23,26,28)/b16-12+. The van der Waals surface area contributed by atoms with E-state index in [-0.39, 0.29) is 23.0 Å². The number of nitrogens with one attached hydrogen (secondary N) is 1. The lowest BCUT2D eigenvalue weighted by molar-refractivity contribution is -0.128. The zero-order valence-corrected chi connectivity index (χ0v) is 16.4. The summed E-state index contributed by atoms with van der Waals surface area (Å²) in [6.07, 6.45) is 3.42. The van der Waals surface area contributed by atoms with Gasteiger partial charge in [-0.15, -0.1) is 6.58 Å². The van der Waals surface area contributed by atoms with Crippen LogP contribution >= 0.6 is 23.8 Å². The number of aromatic hydroxyl groups is 1. The summed E-state index contributed by atoms with van der Waals surface area (Å²) in [6.45, 7) is 3.76. The van der Waals surface area contributed by atoms with Crippen LogP contribution in [-0.4, -0.2) is 33.5 Å². The summed E-state index contributed by atoms with van der Waals surface area (Å²) in [6, 6.07) is 12.5. The molecule has 5 nitrogen and oxygen atoms in total. The Balaban J connectivity index is 1.95. The second-order valence-electron chi connectivity index (χ2n) is 6.18. The second kappa shape index (κ2) is 8.37. The Kier molecular flexibility index (Phi) is 5.92. The maximum absolute atomic E-state index is 12.6. The quantitative estimate of drug-likeness (QED) is 0.341. The highest BCUT2D eigenvalue weighted by Crippen LogP contribution is 2.26. The van der Waals surface area contributed by atoms with Crippen molar-refractivity contribution >= 4 is 46.8 Å². The molecule has 0 saturated carbocycles. The minimum absolute atomic E-state index is 0.0312. The van der Waals surface area contributed by atoms with Crippen molar-refractivity contribution < 1.29 is 14.7 Å². The van der Waals surface area contributed by atoms with E-state index < -0.39 is 11.8 Å². The van der Waals surface area contributed by atoms with Crippen molar-refractivity contribution in [3.63, 3.8) is 0 Å². The lowest BCUT2D eigenvalue weighted by Gasteiger charge is -2.27. The smallest absolute Gasteiger partial charge is 0.265 e. The second-order valence-corrected chi connectivity index (χ2v) is 6.98. The molecule has 1 aliphatic rings. The van der Waals surface area contributed by atoms with Crippen LogP contribution in [-0.2, 0) is 16.0 Å². The third-order valence-electron chi connectivity index (χ3n) is 4.24. The van der Waals surface area contributed by atoms with Gasteiger partial charge in [0.15, 0.2) is 5.11 Å². The van der Waals surface area contributed by atoms with Crippen LogP contribution in [0.4, 0.5) is 0 Å². The van der Waals surface area contributed by atoms with Crippen molar-refractivity contribution in [3.8, 4) is 5.75 Å². The maximum Gasteiger partial charge on any atom is 0.265 e. The number of phenols is 1. The molecule has 2 N–H and O–H groups in total. The van der Waals surface area contributed by atoms with Crippen molar-refractivity contribution in [2.24, 2.45) is 0 Å². The molecule has 2 amide bonds. The Bertz CT molecular complexity index is 1020. The van der Waals surface area contributed by atoms with E-state index in [1.807, 2.05) is 24.3 Å². The van der Waals surface area contributed by atoms with E-state index in [4.69, 9.17) is 23.8 Å². The van der Waals surface area contributed by atoms with Crippen molar-refractivity contribution in [2.75, 3.05) is 6.54 Å². The van der Waals surface area contributed by atoms with E-state index in [0.717, 1.165) is 11.1 Å². The summed E-state index contributed by atoms with van der Waals surface area (Å²) in [5, 5.41) is 13.4. The molecular weight excluding hydrogens is 396 g/mol. The maximum atomic E-state index is 12.6. The van der Waals surface area contributed by atoms with Crippen LogP contribution in [0.1, 0.15) is 16.7 Å². The van der Waals surface area contributed by atoms with Crippen molar-refractivity contribution in [1.82, 2.24) is 10.2 Å². The average molecular weight is 413 g/mol. The molecule has 2 aromatic carbocycles. The molecule has 0 radical (unpaired) electrons. The number of hydrogen-bond acceptors (Lipinski definition) is 4. The number of rotatable bonds is 5. The first-order valence-electron chi connectivity index (χ1n) is 8.45. The first kappa shape index (κ1) is 19.8. The minimum atomic E-state index is -0.605. The number of nitrogens with zero attached hydrogens (tertiary/aromatic N) is 1. The topological polar surface area (TPSA) is 69.6 Å². The first-order chi connectivity index (χ1) is 13.4. The Morgan fingerprint density at radius 1 is 1.21 bits per heavy atom. The zero-order chi connectivity index (χ0) is 20.3. The molecule has 0 unspecified atom stereocenters. The number of hydrogen-bond donors (Lipinski definition) is 2. The Morgan fingerprint density at radius 2 is 1.96 bits per heavy atom. The molecule has 0 aromatic heterocycles. The van der Waals surface area contributed by atoms with Gasteiger partial charge in [0.05, 0.1) is 0 Å². The van der Waals surface area contributed by atoms with Crippen LogP contribution in [0.15, 0.2) is 60.7 Å². The molecule has 28 heavy (non-hydrogen) atoms. The van der Waals surface area contributed by atoms with Gasteiger partial charge in [-0.1, -0.05) is 41.9 Å². The van der Waals surface area contributed by atoms with Gasteiger partial charge in [-0.25, -0.2) is 0 Å². The number of carbonyl (C=O) groups excluding carboxylic acids is 2. The lowest BCUT2D eigenvalue weighted by Crippen LogP contribution is -2.53. The van der Waals surface area contributed by atoms with Gasteiger partial charge in [-0.2, -0.15) is 0 Å². The first-order valence-corrected chi connectivity index (χ1v) is 9.24. The van der Waals surface area contributed by atoms with Gasteiger partial charge < -0.3 is 5.11 Å². The third-order valence-corrected chi connectivity index (χ3v) is 4.93. The highest BCUT2D eigenvalue weighted by Gasteiger charge is 2.32. The van der Waals surface area contributed by atoms with E-state index in [1.54, 1.807) is 12.1 Å². The lowest BCUT2D eigenvalue weighted by atomic mass is 10.00. The molecule has 1 saturated heterocycles. The fourth-order valence-electron chi connectivity index (χ4n) is 2.84. The number of thiocarbonyl (C=S) groups is 1. The van der Waals surface area contributed by atoms with Crippen LogP contribution in [0.3, 0.4) is 0 Å². The molecule has 0 aliphatic carbocycles. The summed E-state index contributed by atoms with van der Waals surface area (Å²) in [4.78, 5) is 26.1. The average Bonchev–Trinajstić information content (AvgIpc) is 2.66. The van der Waals surface area contributed by atoms with Gasteiger partial charge in [0, 0.05) is 17.1 Å². The van der Waals surface area contributed by atoms with Gasteiger partial charge in [-0.3, -0.25) is 19.8 Å². The number of halogens is 1. The van der Waals surface area contributed by atoms with E-state index in [0.29, 0.717) is 17.0 Å². The Labute approximate surface area is 172 Å². The highest BCUT2D eigenvalue weighted by molar-refractivity contribution is 7.80. The van der Waals surface area contributed by atoms with Crippen LogP contribution in [0, 0.1) is 0 Å². The molecule has 0 bridgehead atoms. The van der Waals surface area contributed by atoms with E-state index >= 15 is 0 Å². The molecule has 0 atom stereocenters. The Hall–Kier alpha value is -2.96. The summed E-state index contributed by atoms with van der Waals surface area (Å²) in [5.74, 6) is -1.18. The minimum Gasteiger partial charge on any atom is -0.507 e. The fourth-order valence-corrected chi connectivity index (χ4v) is 3.29. The highest BCUT2D eigenvalue weighted by atomic mass is 35.5. The van der Waals surface area contributed by atoms with Crippen molar-refractivity contribution in [3.05, 3.63) is 82.4 Å². The van der Waals surface area contributed by atoms with Crippen molar-refractivity contribution in [1.29, 1.82) is 0 Å². The van der Waals surface area contributed by atoms with Gasteiger partial charge >= 0.3 is 0 Å². The van der Waals surface area contributed by atoms with Crippen LogP contribution < -0.4 is 5.32 Å². The van der Waals surface area contributed by atoms with Gasteiger partial charge in [0.2, 0.25) is 0 Å². The van der Waals surface area contributed by atoms with Gasteiger partial charge in [0.25, 0.3) is 11.8 Å². The SMILES string of the molecule is C=CCN1C(=O)/C(=C/c2cc(Cc3ccccc3Cl)ccc2O)C(=O)NC1=S. The molecule has 1 aliphatic heterocycles. The zero-order valence-electron chi connectivity index (χ0n) is 14.8. The van der Waals surface area contributed by atoms with E-state index in [1.165, 1.54) is 23.1 Å². The third kappa shape index (κ3) is 4.13. The van der Waals surface area contributed by atoms with E-state index in [9.17, 15) is 14.7 Å². The van der Waals surface area contributed by atoms with Crippen LogP contribution in [0.25, 0.3) is 6.08 Å². The molecule has 3 rings (SSSR count). The normalized spacial score (nSPS) is 15.7. The van der Waals surface area contributed by atoms with Crippen LogP contribution in [0.2, 0.25) is 5.02 Å². The predicted molar refractivity (Wildman–Crippen MR) is 113 cm³/mol. The monoisotopic (exact) mass is 412 g/mol. The Morgan fingerprint density at radius 3 is 2.68 bits per heavy atom. The predicted octanol–water partition coefficient (Wildman–Crippen LogP) is 3.45. The summed E-state index contributed by atoms with van der Waals surface area (Å²) < 4.78 is 0. The molecule has 2 aromatic rings. The van der Waals surface area contributed by atoms with Crippen molar-refractivity contribution in [2.45, 2.75) is 6.42 Å². The molecular formula is C21H17ClN2O3S. The largest absolute Gasteiger partial charge is 0.507 e. The number of benzene rings is 2. The molecule has 1 fully saturated rings. The van der Waals surface area contributed by atoms with Gasteiger partial charge in [-0.05, 0) is 54.0 Å². The number of amides is 2. The molecule has 142 valence electrons. The number of carbonyl (C=O) groups is 2. The molecule has 0 spiro atoms. The fraction of sp³-hybridized carbons (Fsp3) is 0.0952. The summed E-state index contributed by atoms with van der Waals surface area (Å²) >= 11 is 11.2. The van der Waals surface area contributed by atoms with E-state index in [2.05, 4.69) is 11.9 Å². The summed E-state index contributed by atoms with van der Waals surface area (Å²) in [7, 11) is 0. The van der Waals surface area contributed by atoms with Crippen LogP contribution in [0.5, 0.6) is 5.75 Å². The summed E-state index contributed by atoms with van der Waals surface area (Å²) in [5.41, 5.74) is 2.05. The molecule has 1 heterocycles. The number of phenolic OH excluding ortho intramolecular Hbond substituents is 1.